The van der Waals surface area contributed by atoms with E-state index in [-0.39, 0.29) is 0 Å². The molecule has 0 atom stereocenters. The van der Waals surface area contributed by atoms with Gasteiger partial charge in [0.25, 0.3) is 0 Å². The van der Waals surface area contributed by atoms with E-state index in [4.69, 9.17) is 4.74 Å². The van der Waals surface area contributed by atoms with Crippen molar-refractivity contribution in [3.8, 4) is 0 Å². The molecule has 1 saturated heterocycles. The van der Waals surface area contributed by atoms with E-state index in [9.17, 15) is 0 Å². The lowest BCUT2D eigenvalue weighted by molar-refractivity contribution is 0.0750. The summed E-state index contributed by atoms with van der Waals surface area (Å²) in [6, 6.07) is 0. The SMILES string of the molecule is CC/C=C(\CC)C1CCOCC1. The Balaban J connectivity index is 2.46. The average molecular weight is 168 g/mol. The zero-order valence-corrected chi connectivity index (χ0v) is 8.31. The van der Waals surface area contributed by atoms with Crippen molar-refractivity contribution >= 4 is 0 Å². The molecule has 0 aromatic carbocycles. The van der Waals surface area contributed by atoms with Crippen LogP contribution in [0.1, 0.15) is 39.5 Å². The maximum atomic E-state index is 5.35. The fourth-order valence-corrected chi connectivity index (χ4v) is 1.93. The second-order valence-electron chi connectivity index (χ2n) is 3.43. The van der Waals surface area contributed by atoms with Gasteiger partial charge < -0.3 is 4.74 Å². The Hall–Kier alpha value is -0.300. The van der Waals surface area contributed by atoms with E-state index in [0.717, 1.165) is 19.1 Å². The highest BCUT2D eigenvalue weighted by molar-refractivity contribution is 5.06. The minimum absolute atomic E-state index is 0.823. The van der Waals surface area contributed by atoms with Gasteiger partial charge in [0.15, 0.2) is 0 Å². The molecule has 1 aliphatic heterocycles. The van der Waals surface area contributed by atoms with Crippen LogP contribution >= 0.6 is 0 Å². The van der Waals surface area contributed by atoms with Gasteiger partial charge in [0, 0.05) is 13.2 Å². The van der Waals surface area contributed by atoms with Gasteiger partial charge in [-0.15, -0.1) is 0 Å². The quantitative estimate of drug-likeness (QED) is 0.588. The van der Waals surface area contributed by atoms with Gasteiger partial charge in [-0.25, -0.2) is 0 Å². The molecular formula is C11H20O. The van der Waals surface area contributed by atoms with Gasteiger partial charge in [0.1, 0.15) is 0 Å². The van der Waals surface area contributed by atoms with Gasteiger partial charge in [-0.3, -0.25) is 0 Å². The van der Waals surface area contributed by atoms with E-state index < -0.39 is 0 Å². The molecule has 1 heterocycles. The predicted molar refractivity (Wildman–Crippen MR) is 52.2 cm³/mol. The van der Waals surface area contributed by atoms with Crippen LogP contribution in [0.2, 0.25) is 0 Å². The summed E-state index contributed by atoms with van der Waals surface area (Å²) in [7, 11) is 0. The average Bonchev–Trinajstić information content (AvgIpc) is 2.15. The summed E-state index contributed by atoms with van der Waals surface area (Å²) in [6.45, 7) is 6.41. The highest BCUT2D eigenvalue weighted by atomic mass is 16.5. The number of hydrogen-bond donors (Lipinski definition) is 0. The van der Waals surface area contributed by atoms with Crippen molar-refractivity contribution < 1.29 is 4.74 Å². The van der Waals surface area contributed by atoms with E-state index in [0.29, 0.717) is 0 Å². The first-order valence-corrected chi connectivity index (χ1v) is 5.15. The van der Waals surface area contributed by atoms with Crippen molar-refractivity contribution in [3.05, 3.63) is 11.6 Å². The van der Waals surface area contributed by atoms with Crippen LogP contribution in [0.15, 0.2) is 11.6 Å². The minimum atomic E-state index is 0.823. The summed E-state index contributed by atoms with van der Waals surface area (Å²) in [5.41, 5.74) is 1.65. The van der Waals surface area contributed by atoms with Crippen LogP contribution in [-0.2, 0) is 4.74 Å². The van der Waals surface area contributed by atoms with Gasteiger partial charge in [0.05, 0.1) is 0 Å². The minimum Gasteiger partial charge on any atom is -0.381 e. The third-order valence-electron chi connectivity index (χ3n) is 2.62. The smallest absolute Gasteiger partial charge is 0.0471 e. The Kier molecular flexibility index (Phi) is 4.37. The molecule has 0 aromatic rings. The highest BCUT2D eigenvalue weighted by Gasteiger charge is 2.16. The van der Waals surface area contributed by atoms with Crippen molar-refractivity contribution in [3.63, 3.8) is 0 Å². The largest absolute Gasteiger partial charge is 0.381 e. The van der Waals surface area contributed by atoms with Gasteiger partial charge in [-0.1, -0.05) is 25.5 Å². The maximum Gasteiger partial charge on any atom is 0.0471 e. The third-order valence-corrected chi connectivity index (χ3v) is 2.62. The van der Waals surface area contributed by atoms with E-state index in [1.807, 2.05) is 0 Å². The van der Waals surface area contributed by atoms with E-state index in [1.165, 1.54) is 25.7 Å². The summed E-state index contributed by atoms with van der Waals surface area (Å²) in [5, 5.41) is 0. The van der Waals surface area contributed by atoms with Crippen LogP contribution in [-0.4, -0.2) is 13.2 Å². The number of ether oxygens (including phenoxy) is 1. The van der Waals surface area contributed by atoms with E-state index in [2.05, 4.69) is 19.9 Å². The highest BCUT2D eigenvalue weighted by Crippen LogP contribution is 2.25. The molecule has 0 saturated carbocycles. The molecule has 1 rings (SSSR count). The molecule has 70 valence electrons. The first kappa shape index (κ1) is 9.79. The molecule has 0 amide bonds. The number of allylic oxidation sites excluding steroid dienone is 2. The normalized spacial score (nSPS) is 21.3. The van der Waals surface area contributed by atoms with Crippen LogP contribution in [0, 0.1) is 5.92 Å². The summed E-state index contributed by atoms with van der Waals surface area (Å²) < 4.78 is 5.35. The molecule has 1 nitrogen and oxygen atoms in total. The molecule has 12 heavy (non-hydrogen) atoms. The standard InChI is InChI=1S/C11H20O/c1-3-5-10(4-2)11-6-8-12-9-7-11/h5,11H,3-4,6-9H2,1-2H3/b10-5+. The van der Waals surface area contributed by atoms with E-state index >= 15 is 0 Å². The second-order valence-corrected chi connectivity index (χ2v) is 3.43. The molecule has 1 fully saturated rings. The fourth-order valence-electron chi connectivity index (χ4n) is 1.93. The van der Waals surface area contributed by atoms with Crippen LogP contribution in [0.25, 0.3) is 0 Å². The molecule has 0 unspecified atom stereocenters. The fraction of sp³-hybridized carbons (Fsp3) is 0.818. The topological polar surface area (TPSA) is 9.23 Å². The van der Waals surface area contributed by atoms with Crippen LogP contribution in [0.4, 0.5) is 0 Å². The summed E-state index contributed by atoms with van der Waals surface area (Å²) >= 11 is 0. The molecule has 0 N–H and O–H groups in total. The Labute approximate surface area is 75.8 Å². The number of hydrogen-bond acceptors (Lipinski definition) is 1. The lowest BCUT2D eigenvalue weighted by atomic mass is 9.89. The van der Waals surface area contributed by atoms with Crippen molar-refractivity contribution in [1.29, 1.82) is 0 Å². The Morgan fingerprint density at radius 2 is 2.00 bits per heavy atom. The molecule has 0 spiro atoms. The Morgan fingerprint density at radius 1 is 1.33 bits per heavy atom. The van der Waals surface area contributed by atoms with Crippen LogP contribution in [0.3, 0.4) is 0 Å². The first-order chi connectivity index (χ1) is 5.88. The Bertz CT molecular complexity index is 143. The van der Waals surface area contributed by atoms with Gasteiger partial charge in [0.2, 0.25) is 0 Å². The van der Waals surface area contributed by atoms with Crippen LogP contribution in [0.5, 0.6) is 0 Å². The lowest BCUT2D eigenvalue weighted by Gasteiger charge is -2.24. The lowest BCUT2D eigenvalue weighted by Crippen LogP contribution is -2.17. The predicted octanol–water partition coefficient (Wildman–Crippen LogP) is 3.16. The Morgan fingerprint density at radius 3 is 2.50 bits per heavy atom. The van der Waals surface area contributed by atoms with Crippen molar-refractivity contribution in [2.24, 2.45) is 5.92 Å². The van der Waals surface area contributed by atoms with Gasteiger partial charge >= 0.3 is 0 Å². The molecule has 1 aliphatic rings. The molecule has 0 radical (unpaired) electrons. The van der Waals surface area contributed by atoms with Crippen molar-refractivity contribution in [2.75, 3.05) is 13.2 Å². The molecule has 0 aliphatic carbocycles. The van der Waals surface area contributed by atoms with Crippen molar-refractivity contribution in [1.82, 2.24) is 0 Å². The molecule has 1 heteroatoms. The number of rotatable bonds is 3. The van der Waals surface area contributed by atoms with Crippen LogP contribution < -0.4 is 0 Å². The molecule has 0 aromatic heterocycles. The molecular weight excluding hydrogens is 148 g/mol. The summed E-state index contributed by atoms with van der Waals surface area (Å²) in [5.74, 6) is 0.823. The third kappa shape index (κ3) is 2.63. The van der Waals surface area contributed by atoms with Crippen molar-refractivity contribution in [2.45, 2.75) is 39.5 Å². The van der Waals surface area contributed by atoms with Gasteiger partial charge in [-0.2, -0.15) is 0 Å². The first-order valence-electron chi connectivity index (χ1n) is 5.15. The summed E-state index contributed by atoms with van der Waals surface area (Å²) in [4.78, 5) is 0. The van der Waals surface area contributed by atoms with Gasteiger partial charge in [-0.05, 0) is 31.6 Å². The zero-order valence-electron chi connectivity index (χ0n) is 8.31. The summed E-state index contributed by atoms with van der Waals surface area (Å²) in [6.07, 6.45) is 7.27. The zero-order chi connectivity index (χ0) is 8.81. The molecule has 0 bridgehead atoms. The second kappa shape index (κ2) is 5.36. The monoisotopic (exact) mass is 168 g/mol. The van der Waals surface area contributed by atoms with E-state index in [1.54, 1.807) is 5.57 Å². The maximum absolute atomic E-state index is 5.35.